The Hall–Kier alpha value is -1.42. The van der Waals surface area contributed by atoms with Crippen molar-refractivity contribution < 1.29 is 8.98 Å². The minimum atomic E-state index is -0.596. The average Bonchev–Trinajstić information content (AvgIpc) is 2.16. The standard InChI is InChI=1S/C9H9NO2S/c1-6(9(11)12-13)7-4-2-3-5-8(7)10/h2-5,13H,1,10H2. The van der Waals surface area contributed by atoms with Crippen molar-refractivity contribution in [2.24, 2.45) is 0 Å². The molecule has 0 atom stereocenters. The minimum Gasteiger partial charge on any atom is -0.398 e. The maximum absolute atomic E-state index is 11.0. The van der Waals surface area contributed by atoms with Crippen LogP contribution in [0.5, 0.6) is 0 Å². The highest BCUT2D eigenvalue weighted by molar-refractivity contribution is 7.75. The monoisotopic (exact) mass is 195 g/mol. The molecule has 0 radical (unpaired) electrons. The van der Waals surface area contributed by atoms with Gasteiger partial charge in [-0.05, 0) is 6.07 Å². The number of carbonyl (C=O) groups excluding carboxylic acids is 1. The van der Waals surface area contributed by atoms with Gasteiger partial charge in [0.05, 0.1) is 5.57 Å². The fourth-order valence-corrected chi connectivity index (χ4v) is 1.05. The van der Waals surface area contributed by atoms with E-state index in [0.717, 1.165) is 0 Å². The van der Waals surface area contributed by atoms with Crippen molar-refractivity contribution >= 4 is 30.1 Å². The molecule has 0 heterocycles. The molecule has 0 aliphatic heterocycles. The Kier molecular flexibility index (Phi) is 2.97. The van der Waals surface area contributed by atoms with Crippen LogP contribution in [-0.4, -0.2) is 5.97 Å². The van der Waals surface area contributed by atoms with Crippen LogP contribution in [-0.2, 0) is 8.98 Å². The second kappa shape index (κ2) is 4.00. The molecule has 0 bridgehead atoms. The first-order valence-electron chi connectivity index (χ1n) is 3.56. The molecular weight excluding hydrogens is 186 g/mol. The second-order valence-electron chi connectivity index (χ2n) is 2.44. The quantitative estimate of drug-likeness (QED) is 0.326. The third-order valence-corrected chi connectivity index (χ3v) is 1.78. The van der Waals surface area contributed by atoms with Crippen LogP contribution in [0, 0.1) is 0 Å². The molecule has 1 aromatic carbocycles. The lowest BCUT2D eigenvalue weighted by molar-refractivity contribution is -0.126. The van der Waals surface area contributed by atoms with Crippen LogP contribution in [0.1, 0.15) is 5.56 Å². The summed E-state index contributed by atoms with van der Waals surface area (Å²) >= 11 is 3.39. The summed E-state index contributed by atoms with van der Waals surface area (Å²) in [7, 11) is 0. The van der Waals surface area contributed by atoms with Crippen molar-refractivity contribution in [3.63, 3.8) is 0 Å². The van der Waals surface area contributed by atoms with Gasteiger partial charge in [0.1, 0.15) is 0 Å². The number of anilines is 1. The normalized spacial score (nSPS) is 9.31. The fraction of sp³-hybridized carbons (Fsp3) is 0. The Bertz CT molecular complexity index is 349. The van der Waals surface area contributed by atoms with Crippen LogP contribution in [0.2, 0.25) is 0 Å². The van der Waals surface area contributed by atoms with E-state index in [1.54, 1.807) is 24.3 Å². The van der Waals surface area contributed by atoms with Crippen molar-refractivity contribution in [1.29, 1.82) is 0 Å². The lowest BCUT2D eigenvalue weighted by atomic mass is 10.1. The summed E-state index contributed by atoms with van der Waals surface area (Å²) in [5, 5.41) is 0. The Morgan fingerprint density at radius 1 is 1.46 bits per heavy atom. The van der Waals surface area contributed by atoms with Gasteiger partial charge in [-0.2, -0.15) is 0 Å². The van der Waals surface area contributed by atoms with Gasteiger partial charge in [0.15, 0.2) is 0 Å². The van der Waals surface area contributed by atoms with Gasteiger partial charge in [0.2, 0.25) is 0 Å². The molecule has 1 aromatic rings. The molecule has 0 spiro atoms. The van der Waals surface area contributed by atoms with Crippen molar-refractivity contribution in [2.45, 2.75) is 0 Å². The van der Waals surface area contributed by atoms with Gasteiger partial charge in [-0.15, -0.1) is 0 Å². The SMILES string of the molecule is C=C(C(=O)OS)c1ccccc1N. The first-order chi connectivity index (χ1) is 6.16. The van der Waals surface area contributed by atoms with Gasteiger partial charge in [-0.25, -0.2) is 4.79 Å². The Balaban J connectivity index is 3.02. The number of para-hydroxylation sites is 1. The molecule has 1 rings (SSSR count). The van der Waals surface area contributed by atoms with Crippen LogP contribution < -0.4 is 5.73 Å². The van der Waals surface area contributed by atoms with E-state index < -0.39 is 5.97 Å². The van der Waals surface area contributed by atoms with E-state index in [1.807, 2.05) is 0 Å². The molecule has 13 heavy (non-hydrogen) atoms. The molecule has 0 amide bonds. The maximum Gasteiger partial charge on any atom is 0.350 e. The zero-order valence-electron chi connectivity index (χ0n) is 6.86. The zero-order valence-corrected chi connectivity index (χ0v) is 7.75. The average molecular weight is 195 g/mol. The van der Waals surface area contributed by atoms with Crippen LogP contribution >= 0.6 is 12.9 Å². The van der Waals surface area contributed by atoms with Gasteiger partial charge in [0.25, 0.3) is 0 Å². The topological polar surface area (TPSA) is 52.3 Å². The first-order valence-corrected chi connectivity index (χ1v) is 3.93. The van der Waals surface area contributed by atoms with Gasteiger partial charge in [-0.3, -0.25) is 0 Å². The maximum atomic E-state index is 11.0. The minimum absolute atomic E-state index is 0.202. The summed E-state index contributed by atoms with van der Waals surface area (Å²) in [6, 6.07) is 6.93. The van der Waals surface area contributed by atoms with Crippen LogP contribution in [0.4, 0.5) is 5.69 Å². The molecule has 0 aliphatic rings. The van der Waals surface area contributed by atoms with Gasteiger partial charge in [0, 0.05) is 24.2 Å². The predicted molar refractivity (Wildman–Crippen MR) is 55.0 cm³/mol. The Morgan fingerprint density at radius 2 is 2.08 bits per heavy atom. The lowest BCUT2D eigenvalue weighted by Gasteiger charge is -2.05. The number of thiol groups is 1. The largest absolute Gasteiger partial charge is 0.398 e. The number of carbonyl (C=O) groups is 1. The van der Waals surface area contributed by atoms with Crippen LogP contribution in [0.3, 0.4) is 0 Å². The number of hydrogen-bond donors (Lipinski definition) is 2. The van der Waals surface area contributed by atoms with Crippen LogP contribution in [0.25, 0.3) is 5.57 Å². The molecule has 68 valence electrons. The summed E-state index contributed by atoms with van der Waals surface area (Å²) in [6.45, 7) is 3.55. The summed E-state index contributed by atoms with van der Waals surface area (Å²) in [6.07, 6.45) is 0. The summed E-state index contributed by atoms with van der Waals surface area (Å²) in [5.41, 5.74) is 6.89. The molecule has 0 aromatic heterocycles. The van der Waals surface area contributed by atoms with E-state index in [1.165, 1.54) is 0 Å². The second-order valence-corrected chi connectivity index (χ2v) is 2.63. The molecule has 4 heteroatoms. The first kappa shape index (κ1) is 9.67. The van der Waals surface area contributed by atoms with Gasteiger partial charge >= 0.3 is 5.97 Å². The smallest absolute Gasteiger partial charge is 0.350 e. The zero-order chi connectivity index (χ0) is 9.84. The lowest BCUT2D eigenvalue weighted by Crippen LogP contribution is -2.02. The van der Waals surface area contributed by atoms with Gasteiger partial charge in [-0.1, -0.05) is 24.8 Å². The fourth-order valence-electron chi connectivity index (χ4n) is 0.937. The summed E-state index contributed by atoms with van der Waals surface area (Å²) < 4.78 is 4.22. The highest BCUT2D eigenvalue weighted by atomic mass is 32.1. The number of hydrogen-bond acceptors (Lipinski definition) is 4. The summed E-state index contributed by atoms with van der Waals surface area (Å²) in [4.78, 5) is 11.0. The molecule has 3 nitrogen and oxygen atoms in total. The Morgan fingerprint density at radius 3 is 2.62 bits per heavy atom. The van der Waals surface area contributed by atoms with E-state index >= 15 is 0 Å². The van der Waals surface area contributed by atoms with Crippen molar-refractivity contribution in [3.8, 4) is 0 Å². The van der Waals surface area contributed by atoms with Gasteiger partial charge < -0.3 is 9.92 Å². The van der Waals surface area contributed by atoms with Crippen molar-refractivity contribution in [2.75, 3.05) is 5.73 Å². The van der Waals surface area contributed by atoms with Crippen molar-refractivity contribution in [3.05, 3.63) is 36.4 Å². The number of rotatable bonds is 2. The van der Waals surface area contributed by atoms with E-state index in [4.69, 9.17) is 5.73 Å². The third-order valence-electron chi connectivity index (χ3n) is 1.62. The molecule has 0 fully saturated rings. The van der Waals surface area contributed by atoms with Crippen molar-refractivity contribution in [1.82, 2.24) is 0 Å². The van der Waals surface area contributed by atoms with E-state index in [2.05, 4.69) is 23.7 Å². The molecule has 0 unspecified atom stereocenters. The Labute approximate surface area is 81.8 Å². The predicted octanol–water partition coefficient (Wildman–Crippen LogP) is 1.67. The summed E-state index contributed by atoms with van der Waals surface area (Å²) in [5.74, 6) is -0.596. The number of benzene rings is 1. The number of nitrogen functional groups attached to an aromatic ring is 1. The van der Waals surface area contributed by atoms with E-state index in [0.29, 0.717) is 11.3 Å². The highest BCUT2D eigenvalue weighted by Gasteiger charge is 2.11. The molecule has 0 aliphatic carbocycles. The van der Waals surface area contributed by atoms with E-state index in [9.17, 15) is 4.79 Å². The molecule has 0 saturated carbocycles. The van der Waals surface area contributed by atoms with E-state index in [-0.39, 0.29) is 5.57 Å². The molecule has 0 saturated heterocycles. The molecular formula is C9H9NO2S. The highest BCUT2D eigenvalue weighted by Crippen LogP contribution is 2.20. The van der Waals surface area contributed by atoms with Crippen LogP contribution in [0.15, 0.2) is 30.8 Å². The molecule has 2 N–H and O–H groups in total. The third kappa shape index (κ3) is 2.03. The number of nitrogens with two attached hydrogens (primary N) is 1.